The summed E-state index contributed by atoms with van der Waals surface area (Å²) in [5.74, 6) is 0. The lowest BCUT2D eigenvalue weighted by atomic mass is 9.91. The molecule has 2 aliphatic heterocycles. The molecule has 0 aliphatic carbocycles. The Kier molecular flexibility index (Phi) is 2.26. The normalized spacial score (nSPS) is 31.0. The average molecular weight is 241 g/mol. The van der Waals surface area contributed by atoms with Gasteiger partial charge >= 0.3 is 0 Å². The lowest BCUT2D eigenvalue weighted by Gasteiger charge is -2.35. The number of para-hydroxylation sites is 1. The zero-order chi connectivity index (χ0) is 12.0. The molecule has 4 rings (SSSR count). The third kappa shape index (κ3) is 1.66. The maximum Gasteiger partial charge on any atom is 0.0456 e. The van der Waals surface area contributed by atoms with Gasteiger partial charge in [-0.15, -0.1) is 0 Å². The summed E-state index contributed by atoms with van der Waals surface area (Å²) in [4.78, 5) is 3.55. The third-order valence-electron chi connectivity index (χ3n) is 4.45. The van der Waals surface area contributed by atoms with E-state index < -0.39 is 0 Å². The van der Waals surface area contributed by atoms with Crippen LogP contribution in [0, 0.1) is 0 Å². The van der Waals surface area contributed by atoms with Gasteiger partial charge in [-0.05, 0) is 30.4 Å². The van der Waals surface area contributed by atoms with Crippen molar-refractivity contribution in [2.45, 2.75) is 30.8 Å². The molecule has 3 heteroatoms. The van der Waals surface area contributed by atoms with Gasteiger partial charge < -0.3 is 15.6 Å². The Labute approximate surface area is 107 Å². The van der Waals surface area contributed by atoms with Crippen LogP contribution in [0.5, 0.6) is 0 Å². The van der Waals surface area contributed by atoms with Gasteiger partial charge in [0.05, 0.1) is 0 Å². The predicted molar refractivity (Wildman–Crippen MR) is 73.8 cm³/mol. The molecule has 1 aromatic heterocycles. The van der Waals surface area contributed by atoms with Crippen LogP contribution >= 0.6 is 0 Å². The summed E-state index contributed by atoms with van der Waals surface area (Å²) >= 11 is 0. The van der Waals surface area contributed by atoms with E-state index in [1.165, 1.54) is 29.4 Å². The first-order valence-corrected chi connectivity index (χ1v) is 6.88. The van der Waals surface area contributed by atoms with Crippen LogP contribution in [0.2, 0.25) is 0 Å². The zero-order valence-electron chi connectivity index (χ0n) is 10.5. The highest BCUT2D eigenvalue weighted by Crippen LogP contribution is 2.30. The van der Waals surface area contributed by atoms with Gasteiger partial charge in [0.25, 0.3) is 0 Å². The van der Waals surface area contributed by atoms with E-state index >= 15 is 0 Å². The summed E-state index contributed by atoms with van der Waals surface area (Å²) in [6, 6.07) is 11.5. The summed E-state index contributed by atoms with van der Waals surface area (Å²) in [6.07, 6.45) is 3.71. The largest absolute Gasteiger partial charge is 0.358 e. The molecule has 2 saturated heterocycles. The first-order valence-electron chi connectivity index (χ1n) is 6.88. The quantitative estimate of drug-likeness (QED) is 0.750. The van der Waals surface area contributed by atoms with Crippen molar-refractivity contribution in [3.63, 3.8) is 0 Å². The Balaban J connectivity index is 1.64. The molecule has 0 amide bonds. The Bertz CT molecular complexity index is 537. The molecule has 0 saturated carbocycles. The second-order valence-electron chi connectivity index (χ2n) is 5.85. The van der Waals surface area contributed by atoms with Gasteiger partial charge in [0.15, 0.2) is 0 Å². The van der Waals surface area contributed by atoms with Crippen LogP contribution in [0.1, 0.15) is 18.5 Å². The first kappa shape index (κ1) is 10.6. The Morgan fingerprint density at radius 2 is 2.22 bits per heavy atom. The van der Waals surface area contributed by atoms with E-state index in [1.54, 1.807) is 0 Å². The molecule has 3 nitrogen and oxygen atoms in total. The number of piperazine rings is 1. The first-order chi connectivity index (χ1) is 8.83. The van der Waals surface area contributed by atoms with Gasteiger partial charge in [0, 0.05) is 42.3 Å². The van der Waals surface area contributed by atoms with E-state index in [0.29, 0.717) is 6.04 Å². The molecule has 0 spiro atoms. The Morgan fingerprint density at radius 3 is 3.17 bits per heavy atom. The van der Waals surface area contributed by atoms with E-state index in [1.807, 2.05) is 0 Å². The van der Waals surface area contributed by atoms with Gasteiger partial charge in [-0.25, -0.2) is 0 Å². The molecule has 2 aliphatic rings. The number of fused-ring (bicyclic) bond motifs is 3. The molecular formula is C15H19N3. The molecule has 3 heterocycles. The molecule has 2 unspecified atom stereocenters. The van der Waals surface area contributed by atoms with E-state index in [9.17, 15) is 0 Å². The molecule has 2 aromatic rings. The standard InChI is InChI=1S/C15H19N3/c1-2-4-14-11(3-1)7-13(17-14)8-15-6-5-12(18-15)9-16-10-15/h1-4,7,12,16-18H,5-6,8-10H2. The number of hydrogen-bond acceptors (Lipinski definition) is 2. The third-order valence-corrected chi connectivity index (χ3v) is 4.45. The highest BCUT2D eigenvalue weighted by Gasteiger charge is 2.41. The van der Waals surface area contributed by atoms with E-state index in [4.69, 9.17) is 0 Å². The molecule has 2 atom stereocenters. The van der Waals surface area contributed by atoms with Crippen molar-refractivity contribution in [1.29, 1.82) is 0 Å². The lowest BCUT2D eigenvalue weighted by Crippen LogP contribution is -2.59. The van der Waals surface area contributed by atoms with Gasteiger partial charge in [-0.2, -0.15) is 0 Å². The van der Waals surface area contributed by atoms with Crippen molar-refractivity contribution in [3.8, 4) is 0 Å². The fourth-order valence-electron chi connectivity index (χ4n) is 3.60. The minimum atomic E-state index is 0.282. The molecule has 2 bridgehead atoms. The van der Waals surface area contributed by atoms with Crippen LogP contribution in [0.4, 0.5) is 0 Å². The number of H-pyrrole nitrogens is 1. The van der Waals surface area contributed by atoms with Crippen molar-refractivity contribution in [1.82, 2.24) is 15.6 Å². The lowest BCUT2D eigenvalue weighted by molar-refractivity contribution is 0.290. The summed E-state index contributed by atoms with van der Waals surface area (Å²) in [5, 5.41) is 8.70. The number of hydrogen-bond donors (Lipinski definition) is 3. The molecule has 0 radical (unpaired) electrons. The van der Waals surface area contributed by atoms with E-state index in [0.717, 1.165) is 19.5 Å². The zero-order valence-corrected chi connectivity index (χ0v) is 10.5. The molecule has 3 N–H and O–H groups in total. The highest BCUT2D eigenvalue weighted by molar-refractivity contribution is 5.80. The van der Waals surface area contributed by atoms with Gasteiger partial charge in [0.1, 0.15) is 0 Å². The number of aromatic nitrogens is 1. The van der Waals surface area contributed by atoms with Crippen LogP contribution < -0.4 is 10.6 Å². The smallest absolute Gasteiger partial charge is 0.0456 e. The SMILES string of the molecule is c1ccc2[nH]c(CC34CCC(CNC3)N4)cc2c1. The van der Waals surface area contributed by atoms with Crippen molar-refractivity contribution in [3.05, 3.63) is 36.0 Å². The summed E-state index contributed by atoms with van der Waals surface area (Å²) in [7, 11) is 0. The maximum absolute atomic E-state index is 3.81. The Hall–Kier alpha value is -1.32. The van der Waals surface area contributed by atoms with Crippen LogP contribution in [-0.2, 0) is 6.42 Å². The van der Waals surface area contributed by atoms with Crippen molar-refractivity contribution >= 4 is 10.9 Å². The average Bonchev–Trinajstić information content (AvgIpc) is 2.90. The van der Waals surface area contributed by atoms with Crippen molar-refractivity contribution in [2.75, 3.05) is 13.1 Å². The summed E-state index contributed by atoms with van der Waals surface area (Å²) in [6.45, 7) is 2.23. The second-order valence-corrected chi connectivity index (χ2v) is 5.85. The molecular weight excluding hydrogens is 222 g/mol. The summed E-state index contributed by atoms with van der Waals surface area (Å²) < 4.78 is 0. The number of benzene rings is 1. The summed E-state index contributed by atoms with van der Waals surface area (Å²) in [5.41, 5.74) is 2.89. The molecule has 18 heavy (non-hydrogen) atoms. The van der Waals surface area contributed by atoms with Gasteiger partial charge in [-0.1, -0.05) is 18.2 Å². The molecule has 2 fully saturated rings. The van der Waals surface area contributed by atoms with Gasteiger partial charge in [-0.3, -0.25) is 0 Å². The minimum Gasteiger partial charge on any atom is -0.358 e. The number of aromatic amines is 1. The minimum absolute atomic E-state index is 0.282. The predicted octanol–water partition coefficient (Wildman–Crippen LogP) is 1.80. The van der Waals surface area contributed by atoms with E-state index in [-0.39, 0.29) is 5.54 Å². The number of nitrogens with one attached hydrogen (secondary N) is 3. The van der Waals surface area contributed by atoms with Crippen LogP contribution in [0.3, 0.4) is 0 Å². The van der Waals surface area contributed by atoms with E-state index in [2.05, 4.69) is 45.9 Å². The highest BCUT2D eigenvalue weighted by atomic mass is 15.2. The van der Waals surface area contributed by atoms with Crippen LogP contribution in [0.25, 0.3) is 10.9 Å². The topological polar surface area (TPSA) is 39.9 Å². The van der Waals surface area contributed by atoms with Crippen LogP contribution in [0.15, 0.2) is 30.3 Å². The van der Waals surface area contributed by atoms with Crippen molar-refractivity contribution < 1.29 is 0 Å². The Morgan fingerprint density at radius 1 is 1.28 bits per heavy atom. The fraction of sp³-hybridized carbons (Fsp3) is 0.467. The molecule has 94 valence electrons. The number of rotatable bonds is 2. The maximum atomic E-state index is 3.81. The molecule has 1 aromatic carbocycles. The fourth-order valence-corrected chi connectivity index (χ4v) is 3.60. The van der Waals surface area contributed by atoms with Gasteiger partial charge in [0.2, 0.25) is 0 Å². The second kappa shape index (κ2) is 3.84. The monoisotopic (exact) mass is 241 g/mol. The van der Waals surface area contributed by atoms with Crippen LogP contribution in [-0.4, -0.2) is 29.7 Å². The van der Waals surface area contributed by atoms with Crippen molar-refractivity contribution in [2.24, 2.45) is 0 Å².